The summed E-state index contributed by atoms with van der Waals surface area (Å²) in [6.07, 6.45) is 3.34. The molecule has 0 fully saturated rings. The van der Waals surface area contributed by atoms with Gasteiger partial charge in [-0.3, -0.25) is 4.98 Å². The fourth-order valence-corrected chi connectivity index (χ4v) is 2.49. The van der Waals surface area contributed by atoms with Crippen LogP contribution in [0.1, 0.15) is 5.69 Å². The zero-order valence-electron chi connectivity index (χ0n) is 12.6. The van der Waals surface area contributed by atoms with Crippen LogP contribution >= 0.6 is 11.6 Å². The molecule has 0 amide bonds. The Balaban J connectivity index is 1.73. The van der Waals surface area contributed by atoms with E-state index in [2.05, 4.69) is 25.5 Å². The molecule has 1 aromatic carbocycles. The van der Waals surface area contributed by atoms with Crippen molar-refractivity contribution >= 4 is 11.6 Å². The molecule has 4 aromatic rings. The molecule has 0 unspecified atom stereocenters. The number of nitrogens with zero attached hydrogens (tertiary/aromatic N) is 6. The molecule has 0 saturated carbocycles. The van der Waals surface area contributed by atoms with Gasteiger partial charge in [0.25, 0.3) is 5.89 Å². The van der Waals surface area contributed by atoms with Gasteiger partial charge >= 0.3 is 0 Å². The minimum absolute atomic E-state index is 0.305. The first-order valence-corrected chi connectivity index (χ1v) is 7.53. The van der Waals surface area contributed by atoms with Crippen molar-refractivity contribution in [2.75, 3.05) is 0 Å². The zero-order chi connectivity index (χ0) is 16.5. The normalized spacial score (nSPS) is 10.9. The number of hydrogen-bond acceptors (Lipinski definition) is 6. The van der Waals surface area contributed by atoms with Gasteiger partial charge in [-0.15, -0.1) is 15.3 Å². The molecule has 3 heterocycles. The van der Waals surface area contributed by atoms with E-state index >= 15 is 0 Å². The van der Waals surface area contributed by atoms with Crippen LogP contribution in [-0.2, 0) is 0 Å². The summed E-state index contributed by atoms with van der Waals surface area (Å²) in [6, 6.07) is 11.0. The van der Waals surface area contributed by atoms with Crippen LogP contribution in [0.15, 0.2) is 53.2 Å². The summed E-state index contributed by atoms with van der Waals surface area (Å²) >= 11 is 6.03. The van der Waals surface area contributed by atoms with Gasteiger partial charge < -0.3 is 4.42 Å². The smallest absolute Gasteiger partial charge is 0.270 e. The molecule has 0 aliphatic carbocycles. The third kappa shape index (κ3) is 2.55. The van der Waals surface area contributed by atoms with Gasteiger partial charge in [-0.25, -0.2) is 4.68 Å². The number of halogens is 1. The quantitative estimate of drug-likeness (QED) is 0.569. The third-order valence-electron chi connectivity index (χ3n) is 3.48. The maximum Gasteiger partial charge on any atom is 0.270 e. The van der Waals surface area contributed by atoms with Crippen LogP contribution in [0.25, 0.3) is 28.7 Å². The van der Waals surface area contributed by atoms with E-state index in [1.165, 1.54) is 0 Å². The molecule has 0 aliphatic heterocycles. The van der Waals surface area contributed by atoms with E-state index < -0.39 is 0 Å². The molecule has 0 atom stereocenters. The molecule has 0 spiro atoms. The topological polar surface area (TPSA) is 82.5 Å². The number of pyridine rings is 1. The first-order valence-electron chi connectivity index (χ1n) is 7.15. The number of hydrogen-bond donors (Lipinski definition) is 0. The van der Waals surface area contributed by atoms with Gasteiger partial charge in [-0.2, -0.15) is 0 Å². The van der Waals surface area contributed by atoms with E-state index in [-0.39, 0.29) is 0 Å². The van der Waals surface area contributed by atoms with Crippen molar-refractivity contribution in [3.05, 3.63) is 59.5 Å². The first kappa shape index (κ1) is 14.5. The van der Waals surface area contributed by atoms with Crippen LogP contribution in [0.5, 0.6) is 0 Å². The minimum atomic E-state index is 0.305. The second-order valence-electron chi connectivity index (χ2n) is 5.07. The van der Waals surface area contributed by atoms with Crippen molar-refractivity contribution in [1.82, 2.24) is 30.2 Å². The Morgan fingerprint density at radius 2 is 1.92 bits per heavy atom. The lowest BCUT2D eigenvalue weighted by Gasteiger charge is -2.03. The van der Waals surface area contributed by atoms with E-state index in [1.54, 1.807) is 29.2 Å². The van der Waals surface area contributed by atoms with Gasteiger partial charge in [0.2, 0.25) is 5.89 Å². The van der Waals surface area contributed by atoms with Crippen molar-refractivity contribution in [3.63, 3.8) is 0 Å². The number of aromatic nitrogens is 6. The highest BCUT2D eigenvalue weighted by atomic mass is 35.5. The largest absolute Gasteiger partial charge is 0.414 e. The van der Waals surface area contributed by atoms with Crippen LogP contribution in [0, 0.1) is 6.92 Å². The van der Waals surface area contributed by atoms with Crippen molar-refractivity contribution in [2.45, 2.75) is 6.92 Å². The summed E-state index contributed by atoms with van der Waals surface area (Å²) in [6.45, 7) is 1.88. The van der Waals surface area contributed by atoms with E-state index in [0.717, 1.165) is 16.9 Å². The third-order valence-corrected chi connectivity index (χ3v) is 3.72. The van der Waals surface area contributed by atoms with E-state index in [9.17, 15) is 0 Å². The van der Waals surface area contributed by atoms with E-state index in [1.807, 2.05) is 31.2 Å². The van der Waals surface area contributed by atoms with Gasteiger partial charge in [0.05, 0.1) is 16.9 Å². The Labute approximate surface area is 141 Å². The van der Waals surface area contributed by atoms with Gasteiger partial charge in [0.15, 0.2) is 5.69 Å². The summed E-state index contributed by atoms with van der Waals surface area (Å²) in [7, 11) is 0. The van der Waals surface area contributed by atoms with Gasteiger partial charge in [-0.05, 0) is 37.3 Å². The highest BCUT2D eigenvalue weighted by Gasteiger charge is 2.18. The summed E-state index contributed by atoms with van der Waals surface area (Å²) in [5, 5.41) is 17.0. The summed E-state index contributed by atoms with van der Waals surface area (Å²) in [5.74, 6) is 0.689. The lowest BCUT2D eigenvalue weighted by atomic mass is 10.3. The Hall–Kier alpha value is -3.06. The Morgan fingerprint density at radius 3 is 2.71 bits per heavy atom. The Kier molecular flexibility index (Phi) is 3.55. The minimum Gasteiger partial charge on any atom is -0.414 e. The van der Waals surface area contributed by atoms with E-state index in [0.29, 0.717) is 22.5 Å². The van der Waals surface area contributed by atoms with Crippen molar-refractivity contribution < 1.29 is 4.42 Å². The lowest BCUT2D eigenvalue weighted by Crippen LogP contribution is -1.98. The molecule has 0 N–H and O–H groups in total. The highest BCUT2D eigenvalue weighted by Crippen LogP contribution is 2.25. The van der Waals surface area contributed by atoms with E-state index in [4.69, 9.17) is 16.0 Å². The van der Waals surface area contributed by atoms with Gasteiger partial charge in [-0.1, -0.05) is 22.9 Å². The molecule has 24 heavy (non-hydrogen) atoms. The van der Waals surface area contributed by atoms with Crippen LogP contribution in [0.4, 0.5) is 0 Å². The molecule has 0 radical (unpaired) electrons. The standard InChI is InChI=1S/C16H11ClN6O/c1-10-14(19-22-23(10)13-6-2-5-12(17)8-13)16-21-20-15(24-16)11-4-3-7-18-9-11/h2-9H,1H3. The highest BCUT2D eigenvalue weighted by molar-refractivity contribution is 6.30. The van der Waals surface area contributed by atoms with Crippen LogP contribution in [-0.4, -0.2) is 30.2 Å². The maximum atomic E-state index is 6.03. The molecule has 4 rings (SSSR count). The number of benzene rings is 1. The van der Waals surface area contributed by atoms with Gasteiger partial charge in [0, 0.05) is 17.4 Å². The fourth-order valence-electron chi connectivity index (χ4n) is 2.30. The van der Waals surface area contributed by atoms with Crippen molar-refractivity contribution in [3.8, 4) is 28.7 Å². The average molecular weight is 339 g/mol. The number of rotatable bonds is 3. The summed E-state index contributed by atoms with van der Waals surface area (Å²) < 4.78 is 7.38. The summed E-state index contributed by atoms with van der Waals surface area (Å²) in [4.78, 5) is 4.04. The zero-order valence-corrected chi connectivity index (χ0v) is 13.3. The lowest BCUT2D eigenvalue weighted by molar-refractivity contribution is 0.581. The average Bonchev–Trinajstić information content (AvgIpc) is 3.22. The van der Waals surface area contributed by atoms with Crippen LogP contribution in [0.2, 0.25) is 5.02 Å². The molecule has 8 heteroatoms. The monoisotopic (exact) mass is 338 g/mol. The summed E-state index contributed by atoms with van der Waals surface area (Å²) in [5.41, 5.74) is 2.86. The van der Waals surface area contributed by atoms with Crippen molar-refractivity contribution in [1.29, 1.82) is 0 Å². The molecule has 3 aromatic heterocycles. The molecule has 0 bridgehead atoms. The molecule has 0 saturated heterocycles. The van der Waals surface area contributed by atoms with Crippen LogP contribution in [0.3, 0.4) is 0 Å². The maximum absolute atomic E-state index is 6.03. The second-order valence-corrected chi connectivity index (χ2v) is 5.51. The molecule has 7 nitrogen and oxygen atoms in total. The molecular weight excluding hydrogens is 328 g/mol. The second kappa shape index (κ2) is 5.86. The van der Waals surface area contributed by atoms with Crippen LogP contribution < -0.4 is 0 Å². The molecule has 0 aliphatic rings. The first-order chi connectivity index (χ1) is 11.7. The molecule has 118 valence electrons. The predicted octanol–water partition coefficient (Wildman–Crippen LogP) is 3.34. The molecular formula is C16H11ClN6O. The predicted molar refractivity (Wildman–Crippen MR) is 87.6 cm³/mol. The van der Waals surface area contributed by atoms with Crippen molar-refractivity contribution in [2.24, 2.45) is 0 Å². The fraction of sp³-hybridized carbons (Fsp3) is 0.0625. The Morgan fingerprint density at radius 1 is 1.04 bits per heavy atom. The SMILES string of the molecule is Cc1c(-c2nnc(-c3cccnc3)o2)nnn1-c1cccc(Cl)c1. The van der Waals surface area contributed by atoms with Gasteiger partial charge in [0.1, 0.15) is 0 Å². The Bertz CT molecular complexity index is 995.